The number of benzene rings is 1. The number of methoxy groups -OCH3 is 1. The fourth-order valence-electron chi connectivity index (χ4n) is 4.74. The van der Waals surface area contributed by atoms with Gasteiger partial charge < -0.3 is 19.8 Å². The number of guanidine groups is 1. The van der Waals surface area contributed by atoms with Crippen molar-refractivity contribution < 1.29 is 9.15 Å². The molecule has 1 aliphatic heterocycles. The Hall–Kier alpha value is -2.40. The minimum atomic E-state index is 0. The van der Waals surface area contributed by atoms with Crippen molar-refractivity contribution in [2.45, 2.75) is 63.8 Å². The minimum absolute atomic E-state index is 0. The summed E-state index contributed by atoms with van der Waals surface area (Å²) in [7, 11) is 1.67. The van der Waals surface area contributed by atoms with Crippen LogP contribution in [0, 0.1) is 0 Å². The summed E-state index contributed by atoms with van der Waals surface area (Å²) >= 11 is 0. The normalized spacial score (nSPS) is 19.6. The van der Waals surface area contributed by atoms with E-state index in [1.807, 2.05) is 16.8 Å². The Morgan fingerprint density at radius 2 is 1.94 bits per heavy atom. The molecule has 2 N–H and O–H groups in total. The predicted octanol–water partition coefficient (Wildman–Crippen LogP) is 3.29. The molecule has 0 amide bonds. The van der Waals surface area contributed by atoms with Gasteiger partial charge in [0.15, 0.2) is 11.8 Å². The molecule has 9 heteroatoms. The van der Waals surface area contributed by atoms with Crippen LogP contribution in [0.5, 0.6) is 0 Å². The molecule has 5 rings (SSSR count). The summed E-state index contributed by atoms with van der Waals surface area (Å²) in [5.74, 6) is 3.62. The van der Waals surface area contributed by atoms with Crippen LogP contribution in [0.1, 0.15) is 41.4 Å². The van der Waals surface area contributed by atoms with Gasteiger partial charge in [0.05, 0.1) is 12.8 Å². The molecule has 182 valence electrons. The number of furan rings is 1. The molecule has 3 aromatic rings. The first kappa shape index (κ1) is 24.7. The Labute approximate surface area is 217 Å². The first-order chi connectivity index (χ1) is 16.3. The van der Waals surface area contributed by atoms with Crippen LogP contribution < -0.4 is 10.6 Å². The first-order valence-electron chi connectivity index (χ1n) is 11.8. The number of hydrogen-bond acceptors (Lipinski definition) is 5. The maximum Gasteiger partial charge on any atom is 0.191 e. The number of hydrogen-bond donors (Lipinski definition) is 2. The van der Waals surface area contributed by atoms with Gasteiger partial charge >= 0.3 is 0 Å². The van der Waals surface area contributed by atoms with Gasteiger partial charge in [-0.15, -0.1) is 24.0 Å². The SMILES string of the molecule is COCc1nc2n(n1)CC(NC(=NCCc1ccco1)NC1CCc3ccccc3C1)CC2.I. The van der Waals surface area contributed by atoms with Gasteiger partial charge in [-0.25, -0.2) is 9.67 Å². The number of nitrogens with zero attached hydrogens (tertiary/aromatic N) is 4. The van der Waals surface area contributed by atoms with E-state index in [0.29, 0.717) is 19.2 Å². The van der Waals surface area contributed by atoms with Crippen LogP contribution in [0.4, 0.5) is 0 Å². The van der Waals surface area contributed by atoms with Gasteiger partial charge in [-0.05, 0) is 48.9 Å². The Kier molecular flexibility index (Phi) is 8.60. The van der Waals surface area contributed by atoms with Crippen LogP contribution in [-0.4, -0.2) is 46.5 Å². The van der Waals surface area contributed by atoms with Crippen LogP contribution in [-0.2, 0) is 43.6 Å². The van der Waals surface area contributed by atoms with E-state index >= 15 is 0 Å². The highest BCUT2D eigenvalue weighted by Crippen LogP contribution is 2.21. The zero-order valence-corrected chi connectivity index (χ0v) is 21.9. The summed E-state index contributed by atoms with van der Waals surface area (Å²) in [6, 6.07) is 13.3. The third kappa shape index (κ3) is 6.18. The lowest BCUT2D eigenvalue weighted by Crippen LogP contribution is -2.51. The van der Waals surface area contributed by atoms with Gasteiger partial charge in [0.1, 0.15) is 18.2 Å². The largest absolute Gasteiger partial charge is 0.469 e. The quantitative estimate of drug-likeness (QED) is 0.255. The van der Waals surface area contributed by atoms with Gasteiger partial charge in [0, 0.05) is 38.6 Å². The highest BCUT2D eigenvalue weighted by atomic mass is 127. The molecule has 0 spiro atoms. The third-order valence-electron chi connectivity index (χ3n) is 6.41. The van der Waals surface area contributed by atoms with Crippen molar-refractivity contribution in [2.24, 2.45) is 4.99 Å². The van der Waals surface area contributed by atoms with Gasteiger partial charge in [-0.1, -0.05) is 24.3 Å². The van der Waals surface area contributed by atoms with E-state index in [0.717, 1.165) is 68.4 Å². The summed E-state index contributed by atoms with van der Waals surface area (Å²) in [5, 5.41) is 12.0. The zero-order valence-electron chi connectivity index (χ0n) is 19.6. The fraction of sp³-hybridized carbons (Fsp3) is 0.480. The molecule has 1 aromatic carbocycles. The van der Waals surface area contributed by atoms with Crippen LogP contribution in [0.3, 0.4) is 0 Å². The van der Waals surface area contributed by atoms with E-state index in [2.05, 4.69) is 45.0 Å². The molecule has 2 aliphatic rings. The average Bonchev–Trinajstić information content (AvgIpc) is 3.48. The van der Waals surface area contributed by atoms with Crippen LogP contribution in [0.25, 0.3) is 0 Å². The van der Waals surface area contributed by atoms with E-state index in [-0.39, 0.29) is 30.0 Å². The van der Waals surface area contributed by atoms with E-state index in [9.17, 15) is 0 Å². The van der Waals surface area contributed by atoms with Crippen molar-refractivity contribution >= 4 is 29.9 Å². The van der Waals surface area contributed by atoms with Crippen molar-refractivity contribution in [1.82, 2.24) is 25.4 Å². The predicted molar refractivity (Wildman–Crippen MR) is 141 cm³/mol. The highest BCUT2D eigenvalue weighted by molar-refractivity contribution is 14.0. The van der Waals surface area contributed by atoms with Crippen molar-refractivity contribution in [2.75, 3.05) is 13.7 Å². The van der Waals surface area contributed by atoms with Crippen LogP contribution in [0.15, 0.2) is 52.1 Å². The number of aromatic nitrogens is 3. The molecule has 2 atom stereocenters. The first-order valence-corrected chi connectivity index (χ1v) is 11.8. The minimum Gasteiger partial charge on any atom is -0.469 e. The molecular formula is C25H33IN6O2. The fourth-order valence-corrected chi connectivity index (χ4v) is 4.74. The highest BCUT2D eigenvalue weighted by Gasteiger charge is 2.24. The van der Waals surface area contributed by atoms with Gasteiger partial charge in [0.2, 0.25) is 0 Å². The molecule has 2 aromatic heterocycles. The number of rotatable bonds is 7. The Bertz CT molecular complexity index is 1080. The lowest BCUT2D eigenvalue weighted by molar-refractivity contribution is 0.177. The lowest BCUT2D eigenvalue weighted by atomic mass is 9.88. The topological polar surface area (TPSA) is 89.5 Å². The summed E-state index contributed by atoms with van der Waals surface area (Å²) < 4.78 is 12.7. The molecular weight excluding hydrogens is 543 g/mol. The third-order valence-corrected chi connectivity index (χ3v) is 6.41. The number of aryl methyl sites for hydroxylation is 2. The molecule has 3 heterocycles. The standard InChI is InChI=1S/C25H32N6O2.HI/c1-32-17-23-29-24-11-10-21(16-31(24)30-23)28-25(26-13-12-22-7-4-14-33-22)27-20-9-8-18-5-2-3-6-19(18)15-20;/h2-7,14,20-21H,8-13,15-17H2,1H3,(H2,26,27,28);1H. The van der Waals surface area contributed by atoms with Crippen LogP contribution in [0.2, 0.25) is 0 Å². The van der Waals surface area contributed by atoms with Gasteiger partial charge in [-0.2, -0.15) is 5.10 Å². The molecule has 0 fully saturated rings. The van der Waals surface area contributed by atoms with Crippen molar-refractivity contribution in [3.8, 4) is 0 Å². The molecule has 34 heavy (non-hydrogen) atoms. The molecule has 0 saturated carbocycles. The molecule has 0 saturated heterocycles. The van der Waals surface area contributed by atoms with Crippen molar-refractivity contribution in [1.29, 1.82) is 0 Å². The maximum absolute atomic E-state index is 5.48. The summed E-state index contributed by atoms with van der Waals surface area (Å²) in [6.45, 7) is 1.90. The lowest BCUT2D eigenvalue weighted by Gasteiger charge is -2.30. The van der Waals surface area contributed by atoms with E-state index < -0.39 is 0 Å². The molecule has 0 bridgehead atoms. The Balaban J connectivity index is 0.00000274. The van der Waals surface area contributed by atoms with Crippen LogP contribution >= 0.6 is 24.0 Å². The molecule has 8 nitrogen and oxygen atoms in total. The number of halogens is 1. The summed E-state index contributed by atoms with van der Waals surface area (Å²) in [5.41, 5.74) is 2.91. The van der Waals surface area contributed by atoms with Gasteiger partial charge in [0.25, 0.3) is 0 Å². The maximum atomic E-state index is 5.48. The molecule has 1 aliphatic carbocycles. The Morgan fingerprint density at radius 1 is 1.12 bits per heavy atom. The van der Waals surface area contributed by atoms with E-state index in [4.69, 9.17) is 14.1 Å². The Morgan fingerprint density at radius 3 is 2.76 bits per heavy atom. The smallest absolute Gasteiger partial charge is 0.191 e. The second-order valence-corrected chi connectivity index (χ2v) is 8.85. The van der Waals surface area contributed by atoms with Gasteiger partial charge in [-0.3, -0.25) is 4.99 Å². The average molecular weight is 576 g/mol. The number of nitrogens with one attached hydrogen (secondary N) is 2. The van der Waals surface area contributed by atoms with Crippen molar-refractivity contribution in [3.63, 3.8) is 0 Å². The number of aliphatic imine (C=N–C) groups is 1. The molecule has 0 radical (unpaired) electrons. The number of fused-ring (bicyclic) bond motifs is 2. The van der Waals surface area contributed by atoms with Crippen molar-refractivity contribution in [3.05, 3.63) is 71.2 Å². The summed E-state index contributed by atoms with van der Waals surface area (Å²) in [6.07, 6.45) is 7.61. The zero-order chi connectivity index (χ0) is 22.5. The second kappa shape index (κ2) is 11.8. The summed E-state index contributed by atoms with van der Waals surface area (Å²) in [4.78, 5) is 9.49. The monoisotopic (exact) mass is 576 g/mol. The van der Waals surface area contributed by atoms with E-state index in [1.54, 1.807) is 13.4 Å². The molecule has 2 unspecified atom stereocenters. The number of ether oxygens (including phenoxy) is 1. The van der Waals surface area contributed by atoms with E-state index in [1.165, 1.54) is 11.1 Å². The second-order valence-electron chi connectivity index (χ2n) is 8.85.